The third-order valence-electron chi connectivity index (χ3n) is 4.08. The van der Waals surface area contributed by atoms with Crippen molar-refractivity contribution in [2.75, 3.05) is 13.1 Å². The van der Waals surface area contributed by atoms with Crippen molar-refractivity contribution in [2.45, 2.75) is 31.1 Å². The number of nitrogens with one attached hydrogen (secondary N) is 1. The van der Waals surface area contributed by atoms with Crippen LogP contribution in [-0.2, 0) is 10.0 Å². The Labute approximate surface area is 125 Å². The summed E-state index contributed by atoms with van der Waals surface area (Å²) in [7, 11) is -3.46. The van der Waals surface area contributed by atoms with E-state index in [1.165, 1.54) is 5.56 Å². The number of nitrogens with zero attached hydrogens (tertiary/aromatic N) is 2. The van der Waals surface area contributed by atoms with Gasteiger partial charge < -0.3 is 0 Å². The van der Waals surface area contributed by atoms with E-state index in [4.69, 9.17) is 0 Å². The molecule has 5 nitrogen and oxygen atoms in total. The van der Waals surface area contributed by atoms with Gasteiger partial charge in [0.1, 0.15) is 4.90 Å². The third kappa shape index (κ3) is 2.49. The maximum Gasteiger partial charge on any atom is 0.246 e. The maximum absolute atomic E-state index is 12.8. The van der Waals surface area contributed by atoms with E-state index >= 15 is 0 Å². The van der Waals surface area contributed by atoms with E-state index in [9.17, 15) is 8.42 Å². The quantitative estimate of drug-likeness (QED) is 0.945. The van der Waals surface area contributed by atoms with Crippen molar-refractivity contribution < 1.29 is 8.42 Å². The first kappa shape index (κ1) is 14.3. The van der Waals surface area contributed by atoms with Gasteiger partial charge in [-0.2, -0.15) is 9.40 Å². The van der Waals surface area contributed by atoms with Gasteiger partial charge in [-0.1, -0.05) is 30.3 Å². The fourth-order valence-electron chi connectivity index (χ4n) is 2.99. The minimum Gasteiger partial charge on any atom is -0.281 e. The van der Waals surface area contributed by atoms with Crippen molar-refractivity contribution in [1.82, 2.24) is 14.5 Å². The summed E-state index contributed by atoms with van der Waals surface area (Å²) in [5.41, 5.74) is 2.35. The van der Waals surface area contributed by atoms with Crippen molar-refractivity contribution in [1.29, 1.82) is 0 Å². The Hall–Kier alpha value is -1.66. The molecule has 112 valence electrons. The number of sulfonamides is 1. The molecule has 21 heavy (non-hydrogen) atoms. The molecule has 0 aliphatic carbocycles. The topological polar surface area (TPSA) is 66.1 Å². The second-order valence-corrected chi connectivity index (χ2v) is 7.40. The summed E-state index contributed by atoms with van der Waals surface area (Å²) in [6.45, 7) is 4.57. The zero-order valence-electron chi connectivity index (χ0n) is 12.2. The number of benzene rings is 1. The van der Waals surface area contributed by atoms with Gasteiger partial charge in [0, 0.05) is 13.1 Å². The Balaban J connectivity index is 1.86. The van der Waals surface area contributed by atoms with Crippen LogP contribution in [0.4, 0.5) is 0 Å². The number of aryl methyl sites for hydroxylation is 2. The van der Waals surface area contributed by atoms with Gasteiger partial charge >= 0.3 is 0 Å². The number of H-pyrrole nitrogens is 1. The van der Waals surface area contributed by atoms with Crippen molar-refractivity contribution in [2.24, 2.45) is 0 Å². The van der Waals surface area contributed by atoms with Crippen LogP contribution in [0.25, 0.3) is 0 Å². The summed E-state index contributed by atoms with van der Waals surface area (Å²) in [6, 6.07) is 10.1. The molecule has 1 aliphatic heterocycles. The Kier molecular flexibility index (Phi) is 3.59. The second kappa shape index (κ2) is 5.27. The second-order valence-electron chi connectivity index (χ2n) is 5.52. The third-order valence-corrected chi connectivity index (χ3v) is 6.21. The molecular weight excluding hydrogens is 286 g/mol. The Bertz CT molecular complexity index is 718. The van der Waals surface area contributed by atoms with Gasteiger partial charge in [0.25, 0.3) is 0 Å². The van der Waals surface area contributed by atoms with Crippen molar-refractivity contribution in [3.05, 3.63) is 47.3 Å². The molecule has 3 rings (SSSR count). The largest absolute Gasteiger partial charge is 0.281 e. The maximum atomic E-state index is 12.8. The van der Waals surface area contributed by atoms with Crippen LogP contribution in [0.1, 0.15) is 29.3 Å². The highest BCUT2D eigenvalue weighted by Gasteiger charge is 2.35. The molecular formula is C15H19N3O2S. The molecule has 0 bridgehead atoms. The number of hydrogen-bond donors (Lipinski definition) is 1. The molecule has 1 unspecified atom stereocenters. The average Bonchev–Trinajstić information content (AvgIpc) is 3.08. The van der Waals surface area contributed by atoms with E-state index < -0.39 is 10.0 Å². The van der Waals surface area contributed by atoms with E-state index in [1.807, 2.05) is 18.2 Å². The molecule has 6 heteroatoms. The highest BCUT2D eigenvalue weighted by Crippen LogP contribution is 2.32. The molecule has 1 fully saturated rings. The lowest BCUT2D eigenvalue weighted by molar-refractivity contribution is 0.472. The number of aromatic nitrogens is 2. The SMILES string of the molecule is Cc1n[nH]c(C)c1S(=O)(=O)N1CCC(c2ccccc2)C1. The molecule has 0 amide bonds. The first-order valence-electron chi connectivity index (χ1n) is 7.07. The lowest BCUT2D eigenvalue weighted by Gasteiger charge is -2.17. The van der Waals surface area contributed by atoms with Crippen molar-refractivity contribution in [3.63, 3.8) is 0 Å². The first-order chi connectivity index (χ1) is 10.00. The molecule has 0 radical (unpaired) electrons. The van der Waals surface area contributed by atoms with Crippen molar-refractivity contribution >= 4 is 10.0 Å². The van der Waals surface area contributed by atoms with Gasteiger partial charge in [-0.3, -0.25) is 5.10 Å². The molecule has 2 heterocycles. The van der Waals surface area contributed by atoms with Crippen LogP contribution in [0.3, 0.4) is 0 Å². The first-order valence-corrected chi connectivity index (χ1v) is 8.51. The molecule has 1 aromatic carbocycles. The monoisotopic (exact) mass is 305 g/mol. The van der Waals surface area contributed by atoms with Crippen LogP contribution >= 0.6 is 0 Å². The van der Waals surface area contributed by atoms with Crippen molar-refractivity contribution in [3.8, 4) is 0 Å². The molecule has 0 spiro atoms. The highest BCUT2D eigenvalue weighted by molar-refractivity contribution is 7.89. The van der Waals surface area contributed by atoms with E-state index in [1.54, 1.807) is 18.2 Å². The summed E-state index contributed by atoms with van der Waals surface area (Å²) in [5.74, 6) is 0.272. The summed E-state index contributed by atoms with van der Waals surface area (Å²) >= 11 is 0. The zero-order valence-corrected chi connectivity index (χ0v) is 13.0. The zero-order chi connectivity index (χ0) is 15.0. The molecule has 1 aromatic heterocycles. The number of aromatic amines is 1. The van der Waals surface area contributed by atoms with Gasteiger partial charge in [-0.25, -0.2) is 8.42 Å². The molecule has 1 aliphatic rings. The molecule has 1 N–H and O–H groups in total. The summed E-state index contributed by atoms with van der Waals surface area (Å²) in [4.78, 5) is 0.330. The number of hydrogen-bond acceptors (Lipinski definition) is 3. The lowest BCUT2D eigenvalue weighted by Crippen LogP contribution is -2.29. The van der Waals surface area contributed by atoms with Crippen LogP contribution in [0.2, 0.25) is 0 Å². The lowest BCUT2D eigenvalue weighted by atomic mass is 9.99. The fraction of sp³-hybridized carbons (Fsp3) is 0.400. The predicted molar refractivity (Wildman–Crippen MR) is 80.6 cm³/mol. The van der Waals surface area contributed by atoms with Crippen LogP contribution in [0.5, 0.6) is 0 Å². The smallest absolute Gasteiger partial charge is 0.246 e. The van der Waals surface area contributed by atoms with Crippen LogP contribution in [-0.4, -0.2) is 36.0 Å². The van der Waals surface area contributed by atoms with Gasteiger partial charge in [0.2, 0.25) is 10.0 Å². The average molecular weight is 305 g/mol. The molecule has 0 saturated carbocycles. The van der Waals surface area contributed by atoms with E-state index in [2.05, 4.69) is 22.3 Å². The van der Waals surface area contributed by atoms with Crippen LogP contribution < -0.4 is 0 Å². The van der Waals surface area contributed by atoms with Crippen LogP contribution in [0, 0.1) is 13.8 Å². The summed E-state index contributed by atoms with van der Waals surface area (Å²) in [5, 5.41) is 6.75. The molecule has 1 saturated heterocycles. The van der Waals surface area contributed by atoms with E-state index in [0.29, 0.717) is 29.4 Å². The Morgan fingerprint density at radius 2 is 1.95 bits per heavy atom. The highest BCUT2D eigenvalue weighted by atomic mass is 32.2. The minimum atomic E-state index is -3.46. The number of rotatable bonds is 3. The fourth-order valence-corrected chi connectivity index (χ4v) is 4.83. The standard InChI is InChI=1S/C15H19N3O2S/c1-11-15(12(2)17-16-11)21(19,20)18-9-8-14(10-18)13-6-4-3-5-7-13/h3-7,14H,8-10H2,1-2H3,(H,16,17). The molecule has 2 aromatic rings. The Morgan fingerprint density at radius 1 is 1.24 bits per heavy atom. The van der Waals surface area contributed by atoms with Gasteiger partial charge in [-0.05, 0) is 31.7 Å². The summed E-state index contributed by atoms with van der Waals surface area (Å²) in [6.07, 6.45) is 0.860. The minimum absolute atomic E-state index is 0.272. The van der Waals surface area contributed by atoms with Gasteiger partial charge in [0.15, 0.2) is 0 Å². The predicted octanol–water partition coefficient (Wildman–Crippen LogP) is 2.20. The molecule has 1 atom stereocenters. The Morgan fingerprint density at radius 3 is 2.57 bits per heavy atom. The normalized spacial score (nSPS) is 20.0. The van der Waals surface area contributed by atoms with Gasteiger partial charge in [0.05, 0.1) is 11.4 Å². The summed E-state index contributed by atoms with van der Waals surface area (Å²) < 4.78 is 27.1. The van der Waals surface area contributed by atoms with E-state index in [0.717, 1.165) is 6.42 Å². The van der Waals surface area contributed by atoms with Crippen LogP contribution in [0.15, 0.2) is 35.2 Å². The van der Waals surface area contributed by atoms with E-state index in [-0.39, 0.29) is 5.92 Å². The van der Waals surface area contributed by atoms with Gasteiger partial charge in [-0.15, -0.1) is 0 Å².